The fourth-order valence-corrected chi connectivity index (χ4v) is 3.51. The van der Waals surface area contributed by atoms with Crippen molar-refractivity contribution in [3.63, 3.8) is 0 Å². The first-order valence-corrected chi connectivity index (χ1v) is 10.1. The van der Waals surface area contributed by atoms with Crippen LogP contribution in [0.1, 0.15) is 5.56 Å². The molecule has 0 spiro atoms. The number of carbonyl (C=O) groups excluding carboxylic acids is 1. The molecule has 10 heteroatoms. The SMILES string of the molecule is Cc1ccc(Oc2ccccc2NC(=O)Cn2c(Cl)nc3c2c(=O)n(C)c(=O)n3C)cc1. The van der Waals surface area contributed by atoms with Gasteiger partial charge in [-0.05, 0) is 42.8 Å². The second-order valence-electron chi connectivity index (χ2n) is 7.30. The Kier molecular flexibility index (Phi) is 5.58. The molecule has 0 atom stereocenters. The predicted molar refractivity (Wildman–Crippen MR) is 122 cm³/mol. The fraction of sp³-hybridized carbons (Fsp3) is 0.182. The van der Waals surface area contributed by atoms with Gasteiger partial charge < -0.3 is 10.1 Å². The van der Waals surface area contributed by atoms with Crippen molar-refractivity contribution in [2.24, 2.45) is 14.1 Å². The van der Waals surface area contributed by atoms with E-state index in [0.717, 1.165) is 10.1 Å². The quantitative estimate of drug-likeness (QED) is 0.468. The molecule has 164 valence electrons. The van der Waals surface area contributed by atoms with Gasteiger partial charge in [-0.2, -0.15) is 4.98 Å². The van der Waals surface area contributed by atoms with Crippen LogP contribution in [0.4, 0.5) is 5.69 Å². The number of aryl methyl sites for hydroxylation is 2. The fourth-order valence-electron chi connectivity index (χ4n) is 3.29. The molecule has 32 heavy (non-hydrogen) atoms. The molecule has 0 radical (unpaired) electrons. The Morgan fingerprint density at radius 3 is 2.47 bits per heavy atom. The third kappa shape index (κ3) is 3.90. The number of rotatable bonds is 5. The van der Waals surface area contributed by atoms with E-state index in [1.54, 1.807) is 24.3 Å². The van der Waals surface area contributed by atoms with Crippen LogP contribution in [0.3, 0.4) is 0 Å². The summed E-state index contributed by atoms with van der Waals surface area (Å²) >= 11 is 6.20. The van der Waals surface area contributed by atoms with Gasteiger partial charge in [0.05, 0.1) is 5.69 Å². The van der Waals surface area contributed by atoms with Gasteiger partial charge in [-0.25, -0.2) is 4.79 Å². The summed E-state index contributed by atoms with van der Waals surface area (Å²) in [6.07, 6.45) is 0. The van der Waals surface area contributed by atoms with Gasteiger partial charge in [-0.15, -0.1) is 0 Å². The van der Waals surface area contributed by atoms with Crippen molar-refractivity contribution in [1.82, 2.24) is 18.7 Å². The molecule has 1 N–H and O–H groups in total. The number of imidazole rings is 1. The summed E-state index contributed by atoms with van der Waals surface area (Å²) < 4.78 is 9.34. The molecule has 0 aliphatic carbocycles. The molecule has 0 bridgehead atoms. The van der Waals surface area contributed by atoms with Crippen molar-refractivity contribution in [2.45, 2.75) is 13.5 Å². The zero-order valence-corrected chi connectivity index (χ0v) is 18.4. The van der Waals surface area contributed by atoms with Crippen LogP contribution in [0.5, 0.6) is 11.5 Å². The maximum atomic E-state index is 12.8. The minimum Gasteiger partial charge on any atom is -0.455 e. The second kappa shape index (κ2) is 8.35. The molecule has 2 aromatic heterocycles. The van der Waals surface area contributed by atoms with E-state index >= 15 is 0 Å². The first-order chi connectivity index (χ1) is 15.3. The van der Waals surface area contributed by atoms with Gasteiger partial charge >= 0.3 is 5.69 Å². The van der Waals surface area contributed by atoms with Crippen LogP contribution in [0.15, 0.2) is 58.1 Å². The van der Waals surface area contributed by atoms with E-state index in [2.05, 4.69) is 10.3 Å². The topological polar surface area (TPSA) is 100 Å². The Hall–Kier alpha value is -3.85. The average Bonchev–Trinajstić information content (AvgIpc) is 3.09. The van der Waals surface area contributed by atoms with E-state index in [0.29, 0.717) is 17.2 Å². The summed E-state index contributed by atoms with van der Waals surface area (Å²) in [7, 11) is 2.84. The molecular weight excluding hydrogens is 434 g/mol. The molecule has 0 saturated heterocycles. The highest BCUT2D eigenvalue weighted by Gasteiger charge is 2.20. The molecule has 0 aliphatic heterocycles. The first kappa shape index (κ1) is 21.4. The molecule has 0 unspecified atom stereocenters. The molecule has 1 amide bonds. The van der Waals surface area contributed by atoms with Gasteiger partial charge in [0.1, 0.15) is 12.3 Å². The number of ether oxygens (including phenoxy) is 1. The maximum Gasteiger partial charge on any atom is 0.332 e. The molecule has 0 aliphatic rings. The van der Waals surface area contributed by atoms with Gasteiger partial charge in [-0.1, -0.05) is 29.8 Å². The number of amides is 1. The minimum atomic E-state index is -0.585. The first-order valence-electron chi connectivity index (χ1n) is 9.71. The Labute approximate surface area is 187 Å². The van der Waals surface area contributed by atoms with Crippen LogP contribution in [0.2, 0.25) is 5.28 Å². The summed E-state index contributed by atoms with van der Waals surface area (Å²) in [6, 6.07) is 14.5. The van der Waals surface area contributed by atoms with Crippen LogP contribution in [-0.4, -0.2) is 24.6 Å². The number of benzene rings is 2. The van der Waals surface area contributed by atoms with Gasteiger partial charge in [0.25, 0.3) is 5.56 Å². The highest BCUT2D eigenvalue weighted by Crippen LogP contribution is 2.29. The number of para-hydroxylation sites is 2. The second-order valence-corrected chi connectivity index (χ2v) is 7.64. The zero-order chi connectivity index (χ0) is 23.0. The number of anilines is 1. The molecule has 4 aromatic rings. The number of nitrogens with zero attached hydrogens (tertiary/aromatic N) is 4. The Morgan fingerprint density at radius 1 is 1.06 bits per heavy atom. The summed E-state index contributed by atoms with van der Waals surface area (Å²) in [6.45, 7) is 1.70. The lowest BCUT2D eigenvalue weighted by Crippen LogP contribution is -2.37. The normalized spacial score (nSPS) is 11.0. The molecule has 4 rings (SSSR count). The third-order valence-electron chi connectivity index (χ3n) is 5.01. The molecule has 0 saturated carbocycles. The van der Waals surface area contributed by atoms with Gasteiger partial charge in [0.15, 0.2) is 16.9 Å². The largest absolute Gasteiger partial charge is 0.455 e. The molecule has 2 aromatic carbocycles. The van der Waals surface area contributed by atoms with E-state index in [1.807, 2.05) is 31.2 Å². The van der Waals surface area contributed by atoms with Crippen molar-refractivity contribution in [3.8, 4) is 11.5 Å². The zero-order valence-electron chi connectivity index (χ0n) is 17.6. The van der Waals surface area contributed by atoms with E-state index in [-0.39, 0.29) is 23.0 Å². The Morgan fingerprint density at radius 2 is 1.75 bits per heavy atom. The van der Waals surface area contributed by atoms with Crippen molar-refractivity contribution >= 4 is 34.4 Å². The van der Waals surface area contributed by atoms with E-state index in [9.17, 15) is 14.4 Å². The number of hydrogen-bond donors (Lipinski definition) is 1. The van der Waals surface area contributed by atoms with Crippen LogP contribution in [-0.2, 0) is 25.4 Å². The lowest BCUT2D eigenvalue weighted by Gasteiger charge is -2.13. The molecular formula is C22H20ClN5O4. The van der Waals surface area contributed by atoms with Crippen molar-refractivity contribution in [2.75, 3.05) is 5.32 Å². The highest BCUT2D eigenvalue weighted by atomic mass is 35.5. The van der Waals surface area contributed by atoms with Gasteiger partial charge in [0.2, 0.25) is 11.2 Å². The van der Waals surface area contributed by atoms with Crippen molar-refractivity contribution in [1.29, 1.82) is 0 Å². The predicted octanol–water partition coefficient (Wildman–Crippen LogP) is 2.83. The van der Waals surface area contributed by atoms with Crippen molar-refractivity contribution < 1.29 is 9.53 Å². The Balaban J connectivity index is 1.62. The van der Waals surface area contributed by atoms with Crippen LogP contribution < -0.4 is 21.3 Å². The van der Waals surface area contributed by atoms with E-state index in [4.69, 9.17) is 16.3 Å². The van der Waals surface area contributed by atoms with Gasteiger partial charge in [-0.3, -0.25) is 23.3 Å². The molecule has 9 nitrogen and oxygen atoms in total. The van der Waals surface area contributed by atoms with E-state index < -0.39 is 17.2 Å². The Bertz CT molecular complexity index is 1450. The monoisotopic (exact) mass is 453 g/mol. The van der Waals surface area contributed by atoms with Crippen LogP contribution in [0, 0.1) is 6.92 Å². The van der Waals surface area contributed by atoms with Gasteiger partial charge in [0, 0.05) is 14.1 Å². The van der Waals surface area contributed by atoms with E-state index in [1.165, 1.54) is 23.2 Å². The summed E-state index contributed by atoms with van der Waals surface area (Å²) in [5.41, 5.74) is 0.623. The number of aromatic nitrogens is 4. The summed E-state index contributed by atoms with van der Waals surface area (Å²) in [4.78, 5) is 41.7. The highest BCUT2D eigenvalue weighted by molar-refractivity contribution is 6.29. The summed E-state index contributed by atoms with van der Waals surface area (Å²) in [5.74, 6) is 0.650. The maximum absolute atomic E-state index is 12.8. The number of hydrogen-bond acceptors (Lipinski definition) is 5. The average molecular weight is 454 g/mol. The van der Waals surface area contributed by atoms with Crippen molar-refractivity contribution in [3.05, 3.63) is 80.2 Å². The van der Waals surface area contributed by atoms with Crippen LogP contribution in [0.25, 0.3) is 11.2 Å². The lowest BCUT2D eigenvalue weighted by atomic mass is 10.2. The minimum absolute atomic E-state index is 0.0685. The number of carbonyl (C=O) groups is 1. The smallest absolute Gasteiger partial charge is 0.332 e. The van der Waals surface area contributed by atoms with Crippen LogP contribution >= 0.6 is 11.6 Å². The molecule has 2 heterocycles. The number of fused-ring (bicyclic) bond motifs is 1. The summed E-state index contributed by atoms with van der Waals surface area (Å²) in [5, 5.41) is 2.71. The third-order valence-corrected chi connectivity index (χ3v) is 5.30. The molecule has 0 fully saturated rings. The lowest BCUT2D eigenvalue weighted by molar-refractivity contribution is -0.116. The number of nitrogens with one attached hydrogen (secondary N) is 1. The standard InChI is InChI=1S/C22H20ClN5O4/c1-13-8-10-14(11-9-13)32-16-7-5-4-6-15(16)24-17(29)12-28-18-19(25-21(28)23)26(2)22(31)27(3)20(18)30/h4-11H,12H2,1-3H3,(H,24,29). The number of halogens is 1.